The van der Waals surface area contributed by atoms with Gasteiger partial charge < -0.3 is 14.2 Å². The topological polar surface area (TPSA) is 19.6 Å². The molecule has 2 aliphatic heterocycles. The van der Waals surface area contributed by atoms with E-state index in [1.54, 1.807) is 0 Å². The standard InChI is InChI=1S/C86H83BN2O/c1-82(2,3)63-43-60(44-64(52-63)83(4,5)6)59-38-41-72-76(49-59)89(74-36-26-34-68-67-33-25-35-70(86(13,14)15)80(67)90-81(68)74)78-51-62(61-45-65(84(7,8)9)53-66(46-61)85(10,11)12)50-77-79(78)87(72)71-40-37-58(55-29-21-17-22-30-55)48-75(71)88(77)73-42-39-57(54-27-19-16-20-28-54)47-69(73)56-31-23-18-24-32-56/h16-53H,1-15H3/i17D,21D,22D,29D,30D. The molecule has 0 spiro atoms. The maximum Gasteiger partial charge on any atom is 0.252 e. The fraction of sp³-hybridized carbons (Fsp3) is 0.233. The van der Waals surface area contributed by atoms with Crippen LogP contribution in [0.25, 0.3) is 77.6 Å². The van der Waals surface area contributed by atoms with E-state index in [4.69, 9.17) is 8.53 Å². The number of furan rings is 1. The van der Waals surface area contributed by atoms with Gasteiger partial charge in [-0.15, -0.1) is 0 Å². The molecule has 446 valence electrons. The van der Waals surface area contributed by atoms with Crippen LogP contribution in [0.15, 0.2) is 235 Å². The Bertz CT molecular complexity index is 5010. The van der Waals surface area contributed by atoms with E-state index in [1.165, 1.54) is 22.3 Å². The van der Waals surface area contributed by atoms with Crippen LogP contribution in [0.3, 0.4) is 0 Å². The first-order valence-electron chi connectivity index (χ1n) is 34.5. The Morgan fingerprint density at radius 1 is 0.311 bits per heavy atom. The highest BCUT2D eigenvalue weighted by molar-refractivity contribution is 7.00. The number of rotatable bonds is 7. The number of nitrogens with zero attached hydrogens (tertiary/aromatic N) is 2. The molecule has 14 rings (SSSR count). The van der Waals surface area contributed by atoms with Gasteiger partial charge in [-0.3, -0.25) is 0 Å². The van der Waals surface area contributed by atoms with E-state index in [0.717, 1.165) is 123 Å². The second-order valence-electron chi connectivity index (χ2n) is 30.3. The molecular formula is C86H83BN2O. The summed E-state index contributed by atoms with van der Waals surface area (Å²) in [5.41, 5.74) is 25.0. The van der Waals surface area contributed by atoms with Crippen LogP contribution in [-0.4, -0.2) is 6.71 Å². The summed E-state index contributed by atoms with van der Waals surface area (Å²) in [7, 11) is 0. The third-order valence-corrected chi connectivity index (χ3v) is 18.8. The summed E-state index contributed by atoms with van der Waals surface area (Å²) in [6.45, 7) is 34.0. The first-order valence-corrected chi connectivity index (χ1v) is 32.0. The molecule has 0 unspecified atom stereocenters. The maximum atomic E-state index is 9.48. The number of hydrogen-bond acceptors (Lipinski definition) is 3. The van der Waals surface area contributed by atoms with Crippen LogP contribution in [-0.2, 0) is 27.1 Å². The van der Waals surface area contributed by atoms with Gasteiger partial charge in [0.25, 0.3) is 6.71 Å². The summed E-state index contributed by atoms with van der Waals surface area (Å²) >= 11 is 0. The molecule has 0 aliphatic carbocycles. The van der Waals surface area contributed by atoms with Gasteiger partial charge in [-0.1, -0.05) is 292 Å². The molecular weight excluding hydrogens is 1090 g/mol. The van der Waals surface area contributed by atoms with E-state index in [9.17, 15) is 2.74 Å². The summed E-state index contributed by atoms with van der Waals surface area (Å²) in [5.74, 6) is 0. The highest BCUT2D eigenvalue weighted by atomic mass is 16.3. The summed E-state index contributed by atoms with van der Waals surface area (Å²) in [6, 6.07) is 72.0. The molecule has 3 nitrogen and oxygen atoms in total. The van der Waals surface area contributed by atoms with Crippen LogP contribution in [0.2, 0.25) is 0 Å². The highest BCUT2D eigenvalue weighted by Gasteiger charge is 2.45. The minimum absolute atomic E-state index is 0.129. The van der Waals surface area contributed by atoms with Crippen molar-refractivity contribution in [1.82, 2.24) is 0 Å². The second-order valence-corrected chi connectivity index (χ2v) is 30.3. The van der Waals surface area contributed by atoms with E-state index < -0.39 is 6.04 Å². The Morgan fingerprint density at radius 2 is 0.744 bits per heavy atom. The largest absolute Gasteiger partial charge is 0.454 e. The van der Waals surface area contributed by atoms with Crippen molar-refractivity contribution in [2.24, 2.45) is 0 Å². The summed E-state index contributed by atoms with van der Waals surface area (Å²) in [5, 5.41) is 2.10. The summed E-state index contributed by atoms with van der Waals surface area (Å²) in [6.07, 6.45) is 0. The van der Waals surface area contributed by atoms with Gasteiger partial charge in [-0.25, -0.2) is 0 Å². The SMILES string of the molecule is [2H]c1c([2H])c([2H])c(-c2ccc3c(c2)N(c2ccc(-c4ccccc4)cc2-c2ccccc2)c2cc(-c4cc(C(C)(C)C)cc(C(C)(C)C)c4)cc4c2B3c2ccc(-c3cc(C(C)(C)C)cc(C(C)(C)C)c3)cc2N4c2cccc3c2oc2c(C(C)(C)C)cccc23)c([2H])c1[2H]. The van der Waals surface area contributed by atoms with Crippen molar-refractivity contribution in [2.45, 2.75) is 131 Å². The zero-order valence-electron chi connectivity index (χ0n) is 59.9. The van der Waals surface area contributed by atoms with Crippen LogP contribution in [0.4, 0.5) is 34.1 Å². The van der Waals surface area contributed by atoms with E-state index >= 15 is 0 Å². The van der Waals surface area contributed by atoms with Crippen LogP contribution in [0, 0.1) is 0 Å². The minimum atomic E-state index is -0.427. The molecule has 0 fully saturated rings. The molecule has 0 saturated heterocycles. The zero-order chi connectivity index (χ0) is 67.3. The van der Waals surface area contributed by atoms with Gasteiger partial charge >= 0.3 is 0 Å². The van der Waals surface area contributed by atoms with Crippen molar-refractivity contribution < 1.29 is 11.3 Å². The van der Waals surface area contributed by atoms with Gasteiger partial charge in [0.05, 0.1) is 18.2 Å². The van der Waals surface area contributed by atoms with Crippen molar-refractivity contribution >= 4 is 79.2 Å². The predicted molar refractivity (Wildman–Crippen MR) is 388 cm³/mol. The molecule has 0 saturated carbocycles. The lowest BCUT2D eigenvalue weighted by Gasteiger charge is -2.45. The molecule has 0 bridgehead atoms. The third kappa shape index (κ3) is 10.3. The Kier molecular flexibility index (Phi) is 12.5. The lowest BCUT2D eigenvalue weighted by atomic mass is 9.33. The van der Waals surface area contributed by atoms with E-state index in [2.05, 4.69) is 308 Å². The number of fused-ring (bicyclic) bond motifs is 7. The van der Waals surface area contributed by atoms with Crippen molar-refractivity contribution in [2.75, 3.05) is 9.80 Å². The van der Waals surface area contributed by atoms with Crippen molar-refractivity contribution in [3.05, 3.63) is 258 Å². The quantitative estimate of drug-likeness (QED) is 0.148. The molecule has 0 atom stereocenters. The molecule has 90 heavy (non-hydrogen) atoms. The Hall–Kier alpha value is -9.12. The molecule has 1 aromatic heterocycles. The van der Waals surface area contributed by atoms with Crippen LogP contribution < -0.4 is 26.2 Å². The molecule has 0 N–H and O–H groups in total. The molecule has 12 aromatic rings. The molecule has 2 aliphatic rings. The highest BCUT2D eigenvalue weighted by Crippen LogP contribution is 2.52. The van der Waals surface area contributed by atoms with Gasteiger partial charge in [0, 0.05) is 44.6 Å². The number of anilines is 6. The Labute approximate surface area is 542 Å². The lowest BCUT2D eigenvalue weighted by Crippen LogP contribution is -2.61. The molecule has 4 heteroatoms. The average molecular weight is 1180 g/mol. The average Bonchev–Trinajstić information content (AvgIpc) is 1.72. The Morgan fingerprint density at radius 3 is 1.27 bits per heavy atom. The van der Waals surface area contributed by atoms with E-state index in [-0.39, 0.29) is 63.5 Å². The summed E-state index contributed by atoms with van der Waals surface area (Å²) in [4.78, 5) is 4.93. The van der Waals surface area contributed by atoms with Crippen molar-refractivity contribution in [3.8, 4) is 55.6 Å². The first kappa shape index (κ1) is 52.8. The van der Waals surface area contributed by atoms with Gasteiger partial charge in [0.2, 0.25) is 0 Å². The number of hydrogen-bond donors (Lipinski definition) is 0. The van der Waals surface area contributed by atoms with Gasteiger partial charge in [-0.2, -0.15) is 0 Å². The van der Waals surface area contributed by atoms with Crippen LogP contribution in [0.5, 0.6) is 0 Å². The van der Waals surface area contributed by atoms with Crippen LogP contribution >= 0.6 is 0 Å². The predicted octanol–water partition coefficient (Wildman–Crippen LogP) is 22.5. The minimum Gasteiger partial charge on any atom is -0.454 e. The Balaban J connectivity index is 1.17. The lowest BCUT2D eigenvalue weighted by molar-refractivity contribution is 0.568. The summed E-state index contributed by atoms with van der Waals surface area (Å²) < 4.78 is 53.1. The first-order chi connectivity index (χ1) is 44.8. The molecule has 0 radical (unpaired) electrons. The fourth-order valence-electron chi connectivity index (χ4n) is 13.7. The molecule has 3 heterocycles. The zero-order valence-corrected chi connectivity index (χ0v) is 54.9. The third-order valence-electron chi connectivity index (χ3n) is 18.8. The second kappa shape index (κ2) is 21.3. The number of benzene rings is 11. The van der Waals surface area contributed by atoms with E-state index in [0.29, 0.717) is 5.56 Å². The van der Waals surface area contributed by atoms with E-state index in [1.807, 2.05) is 6.07 Å². The molecule has 11 aromatic carbocycles. The van der Waals surface area contributed by atoms with Crippen molar-refractivity contribution in [3.63, 3.8) is 0 Å². The van der Waals surface area contributed by atoms with Crippen molar-refractivity contribution in [1.29, 1.82) is 0 Å². The van der Waals surface area contributed by atoms with Gasteiger partial charge in [0.15, 0.2) is 5.58 Å². The van der Waals surface area contributed by atoms with Gasteiger partial charge in [-0.05, 0) is 158 Å². The smallest absolute Gasteiger partial charge is 0.252 e. The number of para-hydroxylation sites is 2. The normalized spacial score (nSPS) is 14.2. The van der Waals surface area contributed by atoms with Crippen LogP contribution in [0.1, 0.15) is 139 Å². The van der Waals surface area contributed by atoms with Gasteiger partial charge in [0.1, 0.15) is 5.58 Å². The molecule has 0 amide bonds. The maximum absolute atomic E-state index is 9.48. The fourth-order valence-corrected chi connectivity index (χ4v) is 13.7. The monoisotopic (exact) mass is 1180 g/mol.